The quantitative estimate of drug-likeness (QED) is 0.859. The molecule has 3 rings (SSSR count). The van der Waals surface area contributed by atoms with Crippen LogP contribution in [0.5, 0.6) is 0 Å². The van der Waals surface area contributed by atoms with E-state index in [9.17, 15) is 8.42 Å². The van der Waals surface area contributed by atoms with Gasteiger partial charge in [0, 0.05) is 32.2 Å². The van der Waals surface area contributed by atoms with E-state index >= 15 is 0 Å². The third-order valence-corrected chi connectivity index (χ3v) is 6.99. The lowest BCUT2D eigenvalue weighted by Gasteiger charge is -2.41. The Balaban J connectivity index is 1.62. The van der Waals surface area contributed by atoms with Gasteiger partial charge in [-0.25, -0.2) is 8.42 Å². The summed E-state index contributed by atoms with van der Waals surface area (Å²) in [6, 6.07) is 9.44. The summed E-state index contributed by atoms with van der Waals surface area (Å²) in [5.41, 5.74) is 0. The fraction of sp³-hybridized carbons (Fsp3) is 0.647. The van der Waals surface area contributed by atoms with Crippen molar-refractivity contribution < 1.29 is 8.42 Å². The maximum atomic E-state index is 12.6. The van der Waals surface area contributed by atoms with Gasteiger partial charge in [-0.05, 0) is 30.9 Å². The summed E-state index contributed by atoms with van der Waals surface area (Å²) >= 11 is 0. The molecule has 0 radical (unpaired) electrons. The summed E-state index contributed by atoms with van der Waals surface area (Å²) in [5, 5.41) is 0. The van der Waals surface area contributed by atoms with Crippen LogP contribution in [0.4, 0.5) is 0 Å². The van der Waals surface area contributed by atoms with Gasteiger partial charge in [0.05, 0.1) is 4.90 Å². The Hall–Kier alpha value is -0.910. The summed E-state index contributed by atoms with van der Waals surface area (Å²) in [4.78, 5) is 2.92. The zero-order chi connectivity index (χ0) is 15.6. The molecular formula is C17H26N2O2S. The van der Waals surface area contributed by atoms with Crippen LogP contribution >= 0.6 is 0 Å². The zero-order valence-electron chi connectivity index (χ0n) is 13.3. The first-order chi connectivity index (χ1) is 10.6. The zero-order valence-corrected chi connectivity index (χ0v) is 14.1. The minimum Gasteiger partial charge on any atom is -0.298 e. The van der Waals surface area contributed by atoms with Crippen LogP contribution in [0, 0.1) is 5.92 Å². The topological polar surface area (TPSA) is 40.6 Å². The van der Waals surface area contributed by atoms with E-state index in [4.69, 9.17) is 0 Å². The molecule has 1 heterocycles. The molecule has 1 saturated carbocycles. The van der Waals surface area contributed by atoms with E-state index < -0.39 is 10.0 Å². The Labute approximate surface area is 134 Å². The molecule has 1 aromatic carbocycles. The Morgan fingerprint density at radius 1 is 1.00 bits per heavy atom. The summed E-state index contributed by atoms with van der Waals surface area (Å²) < 4.78 is 26.9. The van der Waals surface area contributed by atoms with Crippen LogP contribution in [0.25, 0.3) is 0 Å². The highest BCUT2D eigenvalue weighted by atomic mass is 32.2. The van der Waals surface area contributed by atoms with Crippen molar-refractivity contribution in [2.75, 3.05) is 26.2 Å². The number of rotatable bonds is 3. The second-order valence-corrected chi connectivity index (χ2v) is 8.62. The van der Waals surface area contributed by atoms with Gasteiger partial charge in [-0.15, -0.1) is 0 Å². The summed E-state index contributed by atoms with van der Waals surface area (Å²) in [6.45, 7) is 5.29. The monoisotopic (exact) mass is 322 g/mol. The lowest BCUT2D eigenvalue weighted by atomic mass is 9.86. The molecule has 1 aromatic rings. The number of benzene rings is 1. The predicted octanol–water partition coefficient (Wildman–Crippen LogP) is 2.57. The molecule has 0 bridgehead atoms. The molecule has 2 aliphatic rings. The van der Waals surface area contributed by atoms with Crippen LogP contribution in [-0.4, -0.2) is 49.8 Å². The maximum absolute atomic E-state index is 12.6. The highest BCUT2D eigenvalue weighted by Gasteiger charge is 2.32. The number of hydrogen-bond donors (Lipinski definition) is 0. The van der Waals surface area contributed by atoms with Gasteiger partial charge >= 0.3 is 0 Å². The highest BCUT2D eigenvalue weighted by Crippen LogP contribution is 2.28. The molecule has 2 atom stereocenters. The van der Waals surface area contributed by atoms with E-state index in [-0.39, 0.29) is 0 Å². The van der Waals surface area contributed by atoms with E-state index in [1.54, 1.807) is 28.6 Å². The van der Waals surface area contributed by atoms with E-state index in [2.05, 4.69) is 11.8 Å². The average molecular weight is 322 g/mol. The minimum atomic E-state index is -3.32. The third kappa shape index (κ3) is 3.36. The molecule has 4 nitrogen and oxygen atoms in total. The largest absolute Gasteiger partial charge is 0.298 e. The Morgan fingerprint density at radius 2 is 1.68 bits per heavy atom. The first-order valence-corrected chi connectivity index (χ1v) is 9.80. The van der Waals surface area contributed by atoms with Crippen molar-refractivity contribution in [1.82, 2.24) is 9.21 Å². The fourth-order valence-corrected chi connectivity index (χ4v) is 5.23. The van der Waals surface area contributed by atoms with Crippen LogP contribution in [-0.2, 0) is 10.0 Å². The van der Waals surface area contributed by atoms with Gasteiger partial charge < -0.3 is 0 Å². The second-order valence-electron chi connectivity index (χ2n) is 6.68. The molecule has 1 aliphatic heterocycles. The van der Waals surface area contributed by atoms with E-state index in [0.717, 1.165) is 19.0 Å². The van der Waals surface area contributed by atoms with Crippen LogP contribution < -0.4 is 0 Å². The third-order valence-electron chi connectivity index (χ3n) is 5.08. The van der Waals surface area contributed by atoms with Gasteiger partial charge in [0.1, 0.15) is 0 Å². The molecule has 22 heavy (non-hydrogen) atoms. The molecule has 1 aliphatic carbocycles. The smallest absolute Gasteiger partial charge is 0.243 e. The van der Waals surface area contributed by atoms with Crippen molar-refractivity contribution in [3.63, 3.8) is 0 Å². The van der Waals surface area contributed by atoms with Crippen LogP contribution in [0.2, 0.25) is 0 Å². The standard InChI is InChI=1S/C17H26N2O2S/c1-15-6-5-7-16(14-15)18-10-12-19(13-11-18)22(20,21)17-8-3-2-4-9-17/h2-4,8-9,15-16H,5-7,10-14H2,1H3/t15-,16-/m0/s1. The molecule has 1 saturated heterocycles. The molecule has 0 amide bonds. The number of sulfonamides is 1. The lowest BCUT2D eigenvalue weighted by Crippen LogP contribution is -2.52. The van der Waals surface area contributed by atoms with E-state index in [0.29, 0.717) is 24.0 Å². The van der Waals surface area contributed by atoms with Gasteiger partial charge in [0.25, 0.3) is 0 Å². The van der Waals surface area contributed by atoms with Gasteiger partial charge in [0.15, 0.2) is 0 Å². The fourth-order valence-electron chi connectivity index (χ4n) is 3.78. The maximum Gasteiger partial charge on any atom is 0.243 e. The van der Waals surface area contributed by atoms with Crippen molar-refractivity contribution in [3.8, 4) is 0 Å². The Morgan fingerprint density at radius 3 is 2.32 bits per heavy atom. The Kier molecular flexibility index (Phi) is 4.85. The molecule has 0 spiro atoms. The van der Waals surface area contributed by atoms with Crippen LogP contribution in [0.3, 0.4) is 0 Å². The molecule has 2 fully saturated rings. The van der Waals surface area contributed by atoms with Gasteiger partial charge in [0.2, 0.25) is 10.0 Å². The molecular weight excluding hydrogens is 296 g/mol. The van der Waals surface area contributed by atoms with Crippen LogP contribution in [0.15, 0.2) is 35.2 Å². The SMILES string of the molecule is C[C@H]1CCC[C@H](N2CCN(S(=O)(=O)c3ccccc3)CC2)C1. The van der Waals surface area contributed by atoms with Crippen molar-refractivity contribution in [3.05, 3.63) is 30.3 Å². The lowest BCUT2D eigenvalue weighted by molar-refractivity contribution is 0.0967. The summed E-state index contributed by atoms with van der Waals surface area (Å²) in [5.74, 6) is 0.810. The first-order valence-electron chi connectivity index (χ1n) is 8.36. The van der Waals surface area contributed by atoms with Crippen molar-refractivity contribution in [1.29, 1.82) is 0 Å². The normalized spacial score (nSPS) is 28.6. The first kappa shape index (κ1) is 16.0. The average Bonchev–Trinajstić information content (AvgIpc) is 2.56. The number of nitrogens with zero attached hydrogens (tertiary/aromatic N) is 2. The molecule has 5 heteroatoms. The van der Waals surface area contributed by atoms with Crippen LogP contribution in [0.1, 0.15) is 32.6 Å². The second kappa shape index (κ2) is 6.69. The molecule has 0 aromatic heterocycles. The van der Waals surface area contributed by atoms with E-state index in [1.165, 1.54) is 25.7 Å². The summed E-state index contributed by atoms with van der Waals surface area (Å²) in [6.07, 6.45) is 5.20. The Bertz CT molecular complexity index is 580. The predicted molar refractivity (Wildman–Crippen MR) is 88.2 cm³/mol. The molecule has 0 N–H and O–H groups in total. The van der Waals surface area contributed by atoms with Gasteiger partial charge in [-0.2, -0.15) is 4.31 Å². The van der Waals surface area contributed by atoms with Gasteiger partial charge in [-0.1, -0.05) is 38.0 Å². The minimum absolute atomic E-state index is 0.412. The highest BCUT2D eigenvalue weighted by molar-refractivity contribution is 7.89. The van der Waals surface area contributed by atoms with Crippen molar-refractivity contribution in [2.45, 2.75) is 43.5 Å². The summed E-state index contributed by atoms with van der Waals surface area (Å²) in [7, 11) is -3.32. The van der Waals surface area contributed by atoms with Crippen molar-refractivity contribution >= 4 is 10.0 Å². The van der Waals surface area contributed by atoms with E-state index in [1.807, 2.05) is 6.07 Å². The van der Waals surface area contributed by atoms with Crippen molar-refractivity contribution in [2.24, 2.45) is 5.92 Å². The molecule has 122 valence electrons. The molecule has 0 unspecified atom stereocenters. The van der Waals surface area contributed by atoms with Gasteiger partial charge in [-0.3, -0.25) is 4.90 Å². The number of piperazine rings is 1. The number of hydrogen-bond acceptors (Lipinski definition) is 3.